The molecule has 0 saturated carbocycles. The maximum atomic E-state index is 13.4. The minimum atomic E-state index is -0.999. The summed E-state index contributed by atoms with van der Waals surface area (Å²) in [6, 6.07) is 5.30. The number of aromatic nitrogens is 1. The topological polar surface area (TPSA) is 33.1 Å². The number of pyridine rings is 1. The van der Waals surface area contributed by atoms with Crippen LogP contribution in [-0.4, -0.2) is 10.1 Å². The molecule has 18 heavy (non-hydrogen) atoms. The van der Waals surface area contributed by atoms with E-state index in [0.29, 0.717) is 10.0 Å². The average molecular weight is 314 g/mol. The molecule has 0 aliphatic heterocycles. The first-order chi connectivity index (χ1) is 8.58. The van der Waals surface area contributed by atoms with E-state index in [4.69, 9.17) is 0 Å². The number of hydrogen-bond acceptors (Lipinski definition) is 2. The monoisotopic (exact) mass is 313 g/mol. The van der Waals surface area contributed by atoms with Gasteiger partial charge in [-0.05, 0) is 34.1 Å². The number of aliphatic hydroxyl groups excluding tert-OH is 1. The third-order valence-corrected chi connectivity index (χ3v) is 3.00. The van der Waals surface area contributed by atoms with Crippen LogP contribution in [0.5, 0.6) is 0 Å². The van der Waals surface area contributed by atoms with E-state index in [1.54, 1.807) is 12.3 Å². The van der Waals surface area contributed by atoms with Gasteiger partial charge in [-0.3, -0.25) is 4.98 Å². The fourth-order valence-corrected chi connectivity index (χ4v) is 2.03. The van der Waals surface area contributed by atoms with E-state index in [1.807, 2.05) is 0 Å². The lowest BCUT2D eigenvalue weighted by Crippen LogP contribution is -2.06. The van der Waals surface area contributed by atoms with Crippen molar-refractivity contribution in [3.63, 3.8) is 0 Å². The lowest BCUT2D eigenvalue weighted by Gasteiger charge is -2.12. The Bertz CT molecular complexity index is 542. The Balaban J connectivity index is 2.24. The molecule has 1 atom stereocenters. The van der Waals surface area contributed by atoms with Gasteiger partial charge in [-0.2, -0.15) is 0 Å². The highest BCUT2D eigenvalue weighted by atomic mass is 79.9. The largest absolute Gasteiger partial charge is 0.388 e. The highest BCUT2D eigenvalue weighted by Crippen LogP contribution is 2.23. The standard InChI is InChI=1S/C13H10BrF2NO/c14-9-4-8(6-17-7-9)13(18)5-10-11(15)2-1-3-12(10)16/h1-4,6-7,13,18H,5H2. The Morgan fingerprint density at radius 2 is 1.89 bits per heavy atom. The van der Waals surface area contributed by atoms with Crippen LogP contribution in [0.3, 0.4) is 0 Å². The van der Waals surface area contributed by atoms with Crippen molar-refractivity contribution in [1.82, 2.24) is 4.98 Å². The van der Waals surface area contributed by atoms with Crippen molar-refractivity contribution in [2.24, 2.45) is 0 Å². The molecule has 5 heteroatoms. The normalized spacial score (nSPS) is 12.4. The smallest absolute Gasteiger partial charge is 0.129 e. The number of nitrogens with zero attached hydrogens (tertiary/aromatic N) is 1. The lowest BCUT2D eigenvalue weighted by atomic mass is 10.0. The van der Waals surface area contributed by atoms with Crippen molar-refractivity contribution in [3.05, 3.63) is 63.9 Å². The van der Waals surface area contributed by atoms with Crippen molar-refractivity contribution in [2.45, 2.75) is 12.5 Å². The van der Waals surface area contributed by atoms with Crippen molar-refractivity contribution < 1.29 is 13.9 Å². The highest BCUT2D eigenvalue weighted by Gasteiger charge is 2.15. The Morgan fingerprint density at radius 1 is 1.22 bits per heavy atom. The van der Waals surface area contributed by atoms with Gasteiger partial charge in [0.25, 0.3) is 0 Å². The maximum Gasteiger partial charge on any atom is 0.129 e. The number of hydrogen-bond donors (Lipinski definition) is 1. The summed E-state index contributed by atoms with van der Waals surface area (Å²) in [5.74, 6) is -1.31. The first-order valence-corrected chi connectivity index (χ1v) is 6.08. The predicted octanol–water partition coefficient (Wildman–Crippen LogP) is 3.40. The van der Waals surface area contributed by atoms with Gasteiger partial charge in [-0.15, -0.1) is 0 Å². The van der Waals surface area contributed by atoms with Gasteiger partial charge in [-0.25, -0.2) is 8.78 Å². The number of benzene rings is 1. The van der Waals surface area contributed by atoms with Gasteiger partial charge in [-0.1, -0.05) is 6.07 Å². The van der Waals surface area contributed by atoms with E-state index in [9.17, 15) is 13.9 Å². The molecule has 1 unspecified atom stereocenters. The summed E-state index contributed by atoms with van der Waals surface area (Å²) in [4.78, 5) is 3.90. The van der Waals surface area contributed by atoms with Gasteiger partial charge >= 0.3 is 0 Å². The van der Waals surface area contributed by atoms with Crippen LogP contribution in [0, 0.1) is 11.6 Å². The summed E-state index contributed by atoms with van der Waals surface area (Å²) in [5.41, 5.74) is 0.386. The summed E-state index contributed by atoms with van der Waals surface area (Å²) in [7, 11) is 0. The Kier molecular flexibility index (Phi) is 4.04. The summed E-state index contributed by atoms with van der Waals surface area (Å²) >= 11 is 3.22. The van der Waals surface area contributed by atoms with E-state index in [0.717, 1.165) is 0 Å². The molecule has 0 aliphatic rings. The first-order valence-electron chi connectivity index (χ1n) is 5.29. The van der Waals surface area contributed by atoms with Gasteiger partial charge in [0, 0.05) is 34.4 Å². The minimum Gasteiger partial charge on any atom is -0.388 e. The summed E-state index contributed by atoms with van der Waals surface area (Å²) in [5, 5.41) is 9.95. The molecule has 0 radical (unpaired) electrons. The molecule has 1 aromatic carbocycles. The second kappa shape index (κ2) is 5.54. The molecule has 1 heterocycles. The zero-order chi connectivity index (χ0) is 13.1. The fraction of sp³-hybridized carbons (Fsp3) is 0.154. The zero-order valence-corrected chi connectivity index (χ0v) is 10.9. The summed E-state index contributed by atoms with van der Waals surface area (Å²) in [6.07, 6.45) is 1.91. The Morgan fingerprint density at radius 3 is 2.50 bits per heavy atom. The molecule has 0 spiro atoms. The van der Waals surface area contributed by atoms with Gasteiger partial charge in [0.2, 0.25) is 0 Å². The van der Waals surface area contributed by atoms with E-state index >= 15 is 0 Å². The molecule has 0 bridgehead atoms. The Hall–Kier alpha value is -1.33. The molecule has 2 aromatic rings. The van der Waals surface area contributed by atoms with Crippen LogP contribution in [0.2, 0.25) is 0 Å². The third-order valence-electron chi connectivity index (χ3n) is 2.57. The van der Waals surface area contributed by atoms with Gasteiger partial charge < -0.3 is 5.11 Å². The van der Waals surface area contributed by atoms with Crippen molar-refractivity contribution in [3.8, 4) is 0 Å². The molecule has 0 aliphatic carbocycles. The van der Waals surface area contributed by atoms with E-state index in [-0.39, 0.29) is 12.0 Å². The molecular weight excluding hydrogens is 304 g/mol. The van der Waals surface area contributed by atoms with Crippen molar-refractivity contribution in [2.75, 3.05) is 0 Å². The van der Waals surface area contributed by atoms with Gasteiger partial charge in [0.15, 0.2) is 0 Å². The second-order valence-corrected chi connectivity index (χ2v) is 4.77. The van der Waals surface area contributed by atoms with Crippen molar-refractivity contribution >= 4 is 15.9 Å². The maximum absolute atomic E-state index is 13.4. The molecule has 0 amide bonds. The second-order valence-electron chi connectivity index (χ2n) is 3.86. The molecule has 0 fully saturated rings. The lowest BCUT2D eigenvalue weighted by molar-refractivity contribution is 0.175. The minimum absolute atomic E-state index is 0.120. The van der Waals surface area contributed by atoms with Crippen molar-refractivity contribution in [1.29, 1.82) is 0 Å². The quantitative estimate of drug-likeness (QED) is 0.942. The number of aliphatic hydroxyl groups is 1. The SMILES string of the molecule is OC(Cc1c(F)cccc1F)c1cncc(Br)c1. The molecule has 2 rings (SSSR count). The van der Waals surface area contributed by atoms with E-state index in [1.165, 1.54) is 24.4 Å². The summed E-state index contributed by atoms with van der Waals surface area (Å²) in [6.45, 7) is 0. The highest BCUT2D eigenvalue weighted by molar-refractivity contribution is 9.10. The van der Waals surface area contributed by atoms with E-state index < -0.39 is 17.7 Å². The first kappa shape index (κ1) is 13.1. The molecule has 1 aromatic heterocycles. The molecule has 0 saturated heterocycles. The fourth-order valence-electron chi connectivity index (χ4n) is 1.65. The van der Waals surface area contributed by atoms with Gasteiger partial charge in [0.1, 0.15) is 11.6 Å². The Labute approximate surface area is 111 Å². The van der Waals surface area contributed by atoms with Crippen LogP contribution in [0.1, 0.15) is 17.2 Å². The average Bonchev–Trinajstić information content (AvgIpc) is 2.34. The zero-order valence-electron chi connectivity index (χ0n) is 9.28. The van der Waals surface area contributed by atoms with E-state index in [2.05, 4.69) is 20.9 Å². The predicted molar refractivity (Wildman–Crippen MR) is 67.0 cm³/mol. The van der Waals surface area contributed by atoms with Crippen LogP contribution in [0.25, 0.3) is 0 Å². The van der Waals surface area contributed by atoms with Crippen LogP contribution in [-0.2, 0) is 6.42 Å². The molecule has 94 valence electrons. The van der Waals surface area contributed by atoms with Gasteiger partial charge in [0.05, 0.1) is 6.10 Å². The van der Waals surface area contributed by atoms with Crippen LogP contribution in [0.15, 0.2) is 41.1 Å². The molecule has 2 nitrogen and oxygen atoms in total. The number of rotatable bonds is 3. The molecular formula is C13H10BrF2NO. The summed E-state index contributed by atoms with van der Waals surface area (Å²) < 4.78 is 27.6. The third kappa shape index (κ3) is 2.91. The number of halogens is 3. The van der Waals surface area contributed by atoms with Crippen LogP contribution >= 0.6 is 15.9 Å². The van der Waals surface area contributed by atoms with Crippen LogP contribution < -0.4 is 0 Å². The van der Waals surface area contributed by atoms with Crippen LogP contribution in [0.4, 0.5) is 8.78 Å². The molecule has 1 N–H and O–H groups in total.